The standard InChI is InChI=1S/C18H39N.2H3N/c1-4-7-8-9-10-11-12-13-14-16-17(15-5-2)18(19)6-3;;/h17-18H,4-16,19H2,1-3H3;2*1H3. The third-order valence-electron chi connectivity index (χ3n) is 4.41. The zero-order valence-corrected chi connectivity index (χ0v) is 15.3. The fourth-order valence-corrected chi connectivity index (χ4v) is 2.99. The van der Waals surface area contributed by atoms with Crippen molar-refractivity contribution in [1.29, 1.82) is 0 Å². The van der Waals surface area contributed by atoms with E-state index in [2.05, 4.69) is 20.8 Å². The van der Waals surface area contributed by atoms with Crippen molar-refractivity contribution in [3.8, 4) is 0 Å². The number of nitrogens with two attached hydrogens (primary N) is 1. The maximum atomic E-state index is 6.21. The van der Waals surface area contributed by atoms with Crippen molar-refractivity contribution in [3.63, 3.8) is 0 Å². The largest absolute Gasteiger partial charge is 0.344 e. The summed E-state index contributed by atoms with van der Waals surface area (Å²) in [5.41, 5.74) is 6.21. The zero-order chi connectivity index (χ0) is 14.3. The van der Waals surface area contributed by atoms with E-state index in [9.17, 15) is 0 Å². The summed E-state index contributed by atoms with van der Waals surface area (Å²) in [6.45, 7) is 6.79. The third kappa shape index (κ3) is 16.1. The molecule has 0 bridgehead atoms. The summed E-state index contributed by atoms with van der Waals surface area (Å²) in [5.74, 6) is 0.777. The van der Waals surface area contributed by atoms with Crippen LogP contribution >= 0.6 is 0 Å². The monoisotopic (exact) mass is 303 g/mol. The van der Waals surface area contributed by atoms with Crippen LogP contribution in [0.25, 0.3) is 0 Å². The van der Waals surface area contributed by atoms with Crippen molar-refractivity contribution in [2.75, 3.05) is 0 Å². The molecule has 0 rings (SSSR count). The molecule has 0 fully saturated rings. The Morgan fingerprint density at radius 2 is 1.10 bits per heavy atom. The lowest BCUT2D eigenvalue weighted by Gasteiger charge is -2.22. The molecule has 0 heterocycles. The van der Waals surface area contributed by atoms with Gasteiger partial charge in [0.15, 0.2) is 0 Å². The van der Waals surface area contributed by atoms with Gasteiger partial charge in [-0.2, -0.15) is 0 Å². The van der Waals surface area contributed by atoms with Gasteiger partial charge in [-0.15, -0.1) is 0 Å². The van der Waals surface area contributed by atoms with Crippen LogP contribution in [-0.4, -0.2) is 6.04 Å². The molecule has 0 radical (unpaired) electrons. The van der Waals surface area contributed by atoms with Gasteiger partial charge in [0.05, 0.1) is 0 Å². The summed E-state index contributed by atoms with van der Waals surface area (Å²) < 4.78 is 0. The van der Waals surface area contributed by atoms with Crippen molar-refractivity contribution in [2.24, 2.45) is 11.7 Å². The predicted molar refractivity (Wildman–Crippen MR) is 98.6 cm³/mol. The second kappa shape index (κ2) is 19.9. The zero-order valence-electron chi connectivity index (χ0n) is 15.3. The average molecular weight is 304 g/mol. The van der Waals surface area contributed by atoms with Gasteiger partial charge in [-0.25, -0.2) is 0 Å². The second-order valence-electron chi connectivity index (χ2n) is 6.24. The Morgan fingerprint density at radius 3 is 1.52 bits per heavy atom. The van der Waals surface area contributed by atoms with Gasteiger partial charge >= 0.3 is 0 Å². The van der Waals surface area contributed by atoms with E-state index in [-0.39, 0.29) is 12.3 Å². The number of hydrogen-bond acceptors (Lipinski definition) is 3. The van der Waals surface area contributed by atoms with Crippen LogP contribution in [-0.2, 0) is 0 Å². The van der Waals surface area contributed by atoms with Gasteiger partial charge < -0.3 is 18.0 Å². The summed E-state index contributed by atoms with van der Waals surface area (Å²) in [7, 11) is 0. The van der Waals surface area contributed by atoms with Gasteiger partial charge in [-0.3, -0.25) is 0 Å². The molecule has 8 N–H and O–H groups in total. The minimum Gasteiger partial charge on any atom is -0.344 e. The molecule has 21 heavy (non-hydrogen) atoms. The second-order valence-corrected chi connectivity index (χ2v) is 6.24. The molecule has 3 heteroatoms. The normalized spacial score (nSPS) is 13.1. The first-order valence-electron chi connectivity index (χ1n) is 9.01. The Bertz CT molecular complexity index is 174. The van der Waals surface area contributed by atoms with E-state index in [1.807, 2.05) is 0 Å². The highest BCUT2D eigenvalue weighted by Gasteiger charge is 2.14. The molecule has 0 spiro atoms. The molecular formula is C18H45N3. The molecule has 0 aliphatic heterocycles. The minimum atomic E-state index is 0. The average Bonchev–Trinajstić information content (AvgIpc) is 2.43. The first-order chi connectivity index (χ1) is 9.26. The summed E-state index contributed by atoms with van der Waals surface area (Å²) >= 11 is 0. The fourth-order valence-electron chi connectivity index (χ4n) is 2.99. The summed E-state index contributed by atoms with van der Waals surface area (Å²) in [5, 5.41) is 0. The molecule has 0 aliphatic carbocycles. The predicted octanol–water partition coefficient (Wildman–Crippen LogP) is 6.38. The Balaban J connectivity index is -0.00000162. The lowest BCUT2D eigenvalue weighted by atomic mass is 9.88. The van der Waals surface area contributed by atoms with Gasteiger partial charge in [-0.1, -0.05) is 85.0 Å². The van der Waals surface area contributed by atoms with Crippen molar-refractivity contribution in [3.05, 3.63) is 0 Å². The quantitative estimate of drug-likeness (QED) is 0.324. The lowest BCUT2D eigenvalue weighted by molar-refractivity contribution is 0.344. The third-order valence-corrected chi connectivity index (χ3v) is 4.41. The maximum Gasteiger partial charge on any atom is 0.00645 e. The van der Waals surface area contributed by atoms with Crippen LogP contribution in [0.1, 0.15) is 104 Å². The highest BCUT2D eigenvalue weighted by Crippen LogP contribution is 2.21. The van der Waals surface area contributed by atoms with Crippen LogP contribution in [0.3, 0.4) is 0 Å². The first-order valence-corrected chi connectivity index (χ1v) is 9.01. The van der Waals surface area contributed by atoms with E-state index in [4.69, 9.17) is 5.73 Å². The summed E-state index contributed by atoms with van der Waals surface area (Å²) in [6.07, 6.45) is 17.9. The van der Waals surface area contributed by atoms with Crippen molar-refractivity contribution in [1.82, 2.24) is 12.3 Å². The number of rotatable bonds is 14. The Kier molecular flexibility index (Phi) is 24.4. The Morgan fingerprint density at radius 1 is 0.619 bits per heavy atom. The van der Waals surface area contributed by atoms with Gasteiger partial charge in [0.1, 0.15) is 0 Å². The fraction of sp³-hybridized carbons (Fsp3) is 1.00. The Labute approximate surface area is 135 Å². The van der Waals surface area contributed by atoms with Crippen molar-refractivity contribution >= 4 is 0 Å². The molecule has 132 valence electrons. The lowest BCUT2D eigenvalue weighted by Crippen LogP contribution is -2.29. The van der Waals surface area contributed by atoms with Crippen LogP contribution in [0, 0.1) is 5.92 Å². The van der Waals surface area contributed by atoms with Crippen LogP contribution < -0.4 is 18.0 Å². The minimum absolute atomic E-state index is 0. The molecule has 0 aliphatic rings. The molecular weight excluding hydrogens is 258 g/mol. The van der Waals surface area contributed by atoms with E-state index >= 15 is 0 Å². The van der Waals surface area contributed by atoms with Crippen LogP contribution in [0.4, 0.5) is 0 Å². The SMILES string of the molecule is CCCCCCCCCCCC(CCC)C(N)CC.N.N. The van der Waals surface area contributed by atoms with Crippen LogP contribution in [0.15, 0.2) is 0 Å². The van der Waals surface area contributed by atoms with E-state index in [0.717, 1.165) is 12.3 Å². The molecule has 0 amide bonds. The van der Waals surface area contributed by atoms with Crippen molar-refractivity contribution in [2.45, 2.75) is 110 Å². The van der Waals surface area contributed by atoms with Gasteiger partial charge in [0, 0.05) is 6.04 Å². The summed E-state index contributed by atoms with van der Waals surface area (Å²) in [4.78, 5) is 0. The number of hydrogen-bond donors (Lipinski definition) is 3. The highest BCUT2D eigenvalue weighted by molar-refractivity contribution is 4.71. The molecule has 0 aromatic rings. The van der Waals surface area contributed by atoms with Crippen molar-refractivity contribution < 1.29 is 0 Å². The van der Waals surface area contributed by atoms with E-state index in [1.165, 1.54) is 77.0 Å². The molecule has 0 saturated heterocycles. The first kappa shape index (κ1) is 25.8. The molecule has 2 unspecified atom stereocenters. The summed E-state index contributed by atoms with van der Waals surface area (Å²) in [6, 6.07) is 0.439. The van der Waals surface area contributed by atoms with Crippen LogP contribution in [0.2, 0.25) is 0 Å². The van der Waals surface area contributed by atoms with Gasteiger partial charge in [0.2, 0.25) is 0 Å². The van der Waals surface area contributed by atoms with E-state index < -0.39 is 0 Å². The van der Waals surface area contributed by atoms with Crippen LogP contribution in [0.5, 0.6) is 0 Å². The number of unbranched alkanes of at least 4 members (excludes halogenated alkanes) is 8. The molecule has 2 atom stereocenters. The highest BCUT2D eigenvalue weighted by atomic mass is 14.6. The Hall–Kier alpha value is -0.120. The van der Waals surface area contributed by atoms with Gasteiger partial charge in [-0.05, 0) is 25.2 Å². The van der Waals surface area contributed by atoms with Gasteiger partial charge in [0.25, 0.3) is 0 Å². The topological polar surface area (TPSA) is 96.0 Å². The smallest absolute Gasteiger partial charge is 0.00645 e. The van der Waals surface area contributed by atoms with E-state index in [0.29, 0.717) is 6.04 Å². The molecule has 3 nitrogen and oxygen atoms in total. The molecule has 0 saturated carbocycles. The molecule has 0 aromatic heterocycles. The van der Waals surface area contributed by atoms with E-state index in [1.54, 1.807) is 0 Å². The molecule has 0 aromatic carbocycles. The maximum absolute atomic E-state index is 6.21.